The Morgan fingerprint density at radius 3 is 2.67 bits per heavy atom. The fourth-order valence-corrected chi connectivity index (χ4v) is 1.92. The van der Waals surface area contributed by atoms with E-state index in [2.05, 4.69) is 5.32 Å². The standard InChI is InChI=1S/C16H17NO4/c1-10-6-7-13(15(19)14(10)18)16(20)17-9-11-4-3-5-12(8-11)21-2/h3-8,18-19H,9H2,1-2H3,(H,17,20). The molecule has 0 aliphatic heterocycles. The Morgan fingerprint density at radius 1 is 1.19 bits per heavy atom. The van der Waals surface area contributed by atoms with Crippen LogP contribution < -0.4 is 10.1 Å². The summed E-state index contributed by atoms with van der Waals surface area (Å²) >= 11 is 0. The molecule has 0 fully saturated rings. The lowest BCUT2D eigenvalue weighted by molar-refractivity contribution is 0.0947. The Morgan fingerprint density at radius 2 is 1.95 bits per heavy atom. The van der Waals surface area contributed by atoms with Crippen LogP contribution in [-0.2, 0) is 6.54 Å². The number of ether oxygens (including phenoxy) is 1. The van der Waals surface area contributed by atoms with Gasteiger partial charge in [-0.1, -0.05) is 18.2 Å². The molecule has 2 rings (SSSR count). The number of hydrogen-bond donors (Lipinski definition) is 3. The molecular formula is C16H17NO4. The zero-order valence-corrected chi connectivity index (χ0v) is 11.9. The van der Waals surface area contributed by atoms with Crippen molar-refractivity contribution in [1.29, 1.82) is 0 Å². The summed E-state index contributed by atoms with van der Waals surface area (Å²) in [6.45, 7) is 1.94. The maximum atomic E-state index is 12.0. The third-order valence-electron chi connectivity index (χ3n) is 3.18. The number of hydrogen-bond acceptors (Lipinski definition) is 4. The van der Waals surface area contributed by atoms with E-state index in [4.69, 9.17) is 4.74 Å². The fourth-order valence-electron chi connectivity index (χ4n) is 1.92. The van der Waals surface area contributed by atoms with E-state index in [1.165, 1.54) is 6.07 Å². The van der Waals surface area contributed by atoms with E-state index in [1.807, 2.05) is 24.3 Å². The molecule has 3 N–H and O–H groups in total. The maximum absolute atomic E-state index is 12.0. The highest BCUT2D eigenvalue weighted by atomic mass is 16.5. The van der Waals surface area contributed by atoms with Crippen LogP contribution in [0.3, 0.4) is 0 Å². The van der Waals surface area contributed by atoms with Gasteiger partial charge in [0.25, 0.3) is 5.91 Å². The molecule has 0 radical (unpaired) electrons. The third-order valence-corrected chi connectivity index (χ3v) is 3.18. The molecule has 5 heteroatoms. The zero-order valence-electron chi connectivity index (χ0n) is 11.9. The van der Waals surface area contributed by atoms with E-state index in [-0.39, 0.29) is 11.3 Å². The second-order valence-electron chi connectivity index (χ2n) is 4.66. The molecule has 1 amide bonds. The van der Waals surface area contributed by atoms with E-state index in [9.17, 15) is 15.0 Å². The number of nitrogens with one attached hydrogen (secondary N) is 1. The summed E-state index contributed by atoms with van der Waals surface area (Å²) in [6, 6.07) is 10.4. The van der Waals surface area contributed by atoms with Gasteiger partial charge in [0.05, 0.1) is 12.7 Å². The van der Waals surface area contributed by atoms with Gasteiger partial charge in [0.1, 0.15) is 5.75 Å². The second kappa shape index (κ2) is 6.17. The lowest BCUT2D eigenvalue weighted by atomic mass is 10.1. The minimum Gasteiger partial charge on any atom is -0.504 e. The first-order chi connectivity index (χ1) is 10.0. The van der Waals surface area contributed by atoms with E-state index < -0.39 is 11.7 Å². The first kappa shape index (κ1) is 14.7. The van der Waals surface area contributed by atoms with Gasteiger partial charge < -0.3 is 20.3 Å². The van der Waals surface area contributed by atoms with Gasteiger partial charge in [-0.25, -0.2) is 0 Å². The van der Waals surface area contributed by atoms with Crippen LogP contribution in [0.1, 0.15) is 21.5 Å². The fraction of sp³-hybridized carbons (Fsp3) is 0.188. The summed E-state index contributed by atoms with van der Waals surface area (Å²) in [6.07, 6.45) is 0. The molecule has 21 heavy (non-hydrogen) atoms. The number of rotatable bonds is 4. The molecule has 5 nitrogen and oxygen atoms in total. The molecule has 0 heterocycles. The molecule has 0 atom stereocenters. The topological polar surface area (TPSA) is 78.8 Å². The van der Waals surface area contributed by atoms with Crippen molar-refractivity contribution in [2.45, 2.75) is 13.5 Å². The minimum absolute atomic E-state index is 0.0426. The van der Waals surface area contributed by atoms with E-state index in [0.29, 0.717) is 17.9 Å². The van der Waals surface area contributed by atoms with Crippen molar-refractivity contribution < 1.29 is 19.7 Å². The highest BCUT2D eigenvalue weighted by Crippen LogP contribution is 2.31. The number of methoxy groups -OCH3 is 1. The van der Waals surface area contributed by atoms with Gasteiger partial charge >= 0.3 is 0 Å². The molecular weight excluding hydrogens is 270 g/mol. The molecule has 2 aromatic rings. The van der Waals surface area contributed by atoms with Crippen LogP contribution in [0.2, 0.25) is 0 Å². The highest BCUT2D eigenvalue weighted by Gasteiger charge is 2.15. The molecule has 0 saturated carbocycles. The second-order valence-corrected chi connectivity index (χ2v) is 4.66. The first-order valence-corrected chi connectivity index (χ1v) is 6.45. The Hall–Kier alpha value is -2.69. The van der Waals surface area contributed by atoms with E-state index in [1.54, 1.807) is 20.1 Å². The summed E-state index contributed by atoms with van der Waals surface area (Å²) in [5, 5.41) is 22.1. The van der Waals surface area contributed by atoms with Crippen molar-refractivity contribution in [2.24, 2.45) is 0 Å². The van der Waals surface area contributed by atoms with Crippen molar-refractivity contribution in [2.75, 3.05) is 7.11 Å². The van der Waals surface area contributed by atoms with Crippen molar-refractivity contribution in [3.63, 3.8) is 0 Å². The number of phenols is 2. The largest absolute Gasteiger partial charge is 0.504 e. The molecule has 0 saturated heterocycles. The molecule has 110 valence electrons. The molecule has 0 aliphatic rings. The number of benzene rings is 2. The number of aromatic hydroxyl groups is 2. The smallest absolute Gasteiger partial charge is 0.255 e. The monoisotopic (exact) mass is 287 g/mol. The Labute approximate surface area is 122 Å². The van der Waals surface area contributed by atoms with E-state index >= 15 is 0 Å². The molecule has 0 bridgehead atoms. The van der Waals surface area contributed by atoms with Gasteiger partial charge in [0, 0.05) is 6.54 Å². The average molecular weight is 287 g/mol. The van der Waals surface area contributed by atoms with Crippen molar-refractivity contribution in [3.05, 3.63) is 53.1 Å². The predicted molar refractivity (Wildman–Crippen MR) is 78.7 cm³/mol. The van der Waals surface area contributed by atoms with Crippen LogP contribution >= 0.6 is 0 Å². The van der Waals surface area contributed by atoms with Gasteiger partial charge in [-0.2, -0.15) is 0 Å². The summed E-state index contributed by atoms with van der Waals surface area (Å²) in [5.41, 5.74) is 1.43. The van der Waals surface area contributed by atoms with Crippen LogP contribution in [-0.4, -0.2) is 23.2 Å². The highest BCUT2D eigenvalue weighted by molar-refractivity contribution is 5.97. The maximum Gasteiger partial charge on any atom is 0.255 e. The van der Waals surface area contributed by atoms with Crippen molar-refractivity contribution in [1.82, 2.24) is 5.32 Å². The minimum atomic E-state index is -0.453. The van der Waals surface area contributed by atoms with Crippen molar-refractivity contribution >= 4 is 5.91 Å². The summed E-state index contributed by atoms with van der Waals surface area (Å²) in [5.74, 6) is -0.426. The molecule has 0 unspecified atom stereocenters. The van der Waals surface area contributed by atoms with Crippen LogP contribution in [0.15, 0.2) is 36.4 Å². The van der Waals surface area contributed by atoms with E-state index in [0.717, 1.165) is 5.56 Å². The quantitative estimate of drug-likeness (QED) is 0.754. The molecule has 0 spiro atoms. The van der Waals surface area contributed by atoms with Gasteiger partial charge in [0.15, 0.2) is 11.5 Å². The average Bonchev–Trinajstić information content (AvgIpc) is 2.50. The number of carbonyl (C=O) groups excluding carboxylic acids is 1. The molecule has 0 aliphatic carbocycles. The zero-order chi connectivity index (χ0) is 15.4. The lowest BCUT2D eigenvalue weighted by Crippen LogP contribution is -2.22. The molecule has 2 aromatic carbocycles. The number of phenolic OH excluding ortho intramolecular Hbond substituents is 2. The van der Waals surface area contributed by atoms with Crippen LogP contribution in [0.4, 0.5) is 0 Å². The number of amides is 1. The molecule has 0 aromatic heterocycles. The van der Waals surface area contributed by atoms with Crippen LogP contribution in [0.25, 0.3) is 0 Å². The SMILES string of the molecule is COc1cccc(CNC(=O)c2ccc(C)c(O)c2O)c1. The lowest BCUT2D eigenvalue weighted by Gasteiger charge is -2.10. The van der Waals surface area contributed by atoms with Crippen LogP contribution in [0, 0.1) is 6.92 Å². The Balaban J connectivity index is 2.10. The van der Waals surface area contributed by atoms with Gasteiger partial charge in [-0.3, -0.25) is 4.79 Å². The summed E-state index contributed by atoms with van der Waals surface area (Å²) in [7, 11) is 1.57. The van der Waals surface area contributed by atoms with Gasteiger partial charge in [-0.05, 0) is 36.2 Å². The van der Waals surface area contributed by atoms with Gasteiger partial charge in [-0.15, -0.1) is 0 Å². The normalized spacial score (nSPS) is 10.2. The number of aryl methyl sites for hydroxylation is 1. The van der Waals surface area contributed by atoms with Gasteiger partial charge in [0.2, 0.25) is 0 Å². The number of carbonyl (C=O) groups is 1. The first-order valence-electron chi connectivity index (χ1n) is 6.45. The third kappa shape index (κ3) is 3.25. The van der Waals surface area contributed by atoms with Crippen molar-refractivity contribution in [3.8, 4) is 17.2 Å². The Bertz CT molecular complexity index is 667. The predicted octanol–water partition coefficient (Wildman–Crippen LogP) is 2.34. The summed E-state index contributed by atoms with van der Waals surface area (Å²) in [4.78, 5) is 12.0. The van der Waals surface area contributed by atoms with Crippen LogP contribution in [0.5, 0.6) is 17.2 Å². The Kier molecular flexibility index (Phi) is 4.33. The summed E-state index contributed by atoms with van der Waals surface area (Å²) < 4.78 is 5.11.